The Labute approximate surface area is 108 Å². The summed E-state index contributed by atoms with van der Waals surface area (Å²) in [5, 5.41) is 2.90. The molecule has 0 unspecified atom stereocenters. The fourth-order valence-electron chi connectivity index (χ4n) is 1.69. The largest absolute Gasteiger partial charge is 0.368 e. The highest BCUT2D eigenvalue weighted by Crippen LogP contribution is 2.15. The Balaban J connectivity index is 3.02. The maximum Gasteiger partial charge on any atom is 0.236 e. The van der Waals surface area contributed by atoms with Crippen LogP contribution < -0.4 is 16.0 Å². The molecule has 100 valence electrons. The van der Waals surface area contributed by atoms with Gasteiger partial charge in [-0.05, 0) is 12.8 Å². The molecule has 6 nitrogen and oxygen atoms in total. The van der Waals surface area contributed by atoms with E-state index < -0.39 is 0 Å². The number of nitrogens with zero attached hydrogens (tertiary/aromatic N) is 3. The van der Waals surface area contributed by atoms with Crippen molar-refractivity contribution in [1.82, 2.24) is 9.97 Å². The van der Waals surface area contributed by atoms with Crippen molar-refractivity contribution in [2.75, 3.05) is 30.4 Å². The maximum absolute atomic E-state index is 11.1. The number of anilines is 2. The summed E-state index contributed by atoms with van der Waals surface area (Å²) < 4.78 is 0. The number of amides is 1. The second-order valence-electron chi connectivity index (χ2n) is 4.68. The summed E-state index contributed by atoms with van der Waals surface area (Å²) >= 11 is 0. The third-order valence-corrected chi connectivity index (χ3v) is 2.32. The number of carbonyl (C=O) groups is 1. The average Bonchev–Trinajstić information content (AvgIpc) is 2.26. The molecule has 1 amide bonds. The Hall–Kier alpha value is -1.85. The summed E-state index contributed by atoms with van der Waals surface area (Å²) in [7, 11) is 1.76. The van der Waals surface area contributed by atoms with Gasteiger partial charge in [-0.15, -0.1) is 0 Å². The first-order valence-electron chi connectivity index (χ1n) is 5.99. The summed E-state index contributed by atoms with van der Waals surface area (Å²) in [6.07, 6.45) is 0. The second-order valence-corrected chi connectivity index (χ2v) is 4.68. The zero-order valence-electron chi connectivity index (χ0n) is 11.4. The molecular formula is C12H21N5O. The van der Waals surface area contributed by atoms with Gasteiger partial charge in [-0.25, -0.2) is 4.98 Å². The van der Waals surface area contributed by atoms with E-state index in [4.69, 9.17) is 5.73 Å². The number of primary amides is 1. The third kappa shape index (κ3) is 4.20. The van der Waals surface area contributed by atoms with Gasteiger partial charge in [-0.3, -0.25) is 4.79 Å². The van der Waals surface area contributed by atoms with Crippen LogP contribution >= 0.6 is 0 Å². The van der Waals surface area contributed by atoms with Crippen LogP contribution in [0.4, 0.5) is 11.8 Å². The standard InChI is InChI=1S/C12H21N5O/c1-8(2)6-17(7-10(13)18)11-5-9(3)15-12(14-4)16-11/h5,8H,6-7H2,1-4H3,(H2,13,18)(H,14,15,16). The summed E-state index contributed by atoms with van der Waals surface area (Å²) in [4.78, 5) is 21.6. The Morgan fingerprint density at radius 2 is 2.17 bits per heavy atom. The molecule has 0 bridgehead atoms. The van der Waals surface area contributed by atoms with Gasteiger partial charge in [0, 0.05) is 25.4 Å². The first-order valence-corrected chi connectivity index (χ1v) is 5.99. The SMILES string of the molecule is CNc1nc(C)cc(N(CC(N)=O)CC(C)C)n1. The summed E-state index contributed by atoms with van der Waals surface area (Å²) in [5.41, 5.74) is 6.13. The molecule has 0 atom stereocenters. The molecule has 0 aliphatic heterocycles. The molecule has 18 heavy (non-hydrogen) atoms. The molecule has 1 heterocycles. The van der Waals surface area contributed by atoms with E-state index in [0.717, 1.165) is 18.1 Å². The molecule has 1 aromatic heterocycles. The highest BCUT2D eigenvalue weighted by atomic mass is 16.1. The molecular weight excluding hydrogens is 230 g/mol. The van der Waals surface area contributed by atoms with E-state index >= 15 is 0 Å². The lowest BCUT2D eigenvalue weighted by Gasteiger charge is -2.24. The average molecular weight is 251 g/mol. The zero-order chi connectivity index (χ0) is 13.7. The molecule has 0 saturated carbocycles. The molecule has 0 aromatic carbocycles. The first kappa shape index (κ1) is 14.2. The van der Waals surface area contributed by atoms with Crippen molar-refractivity contribution in [3.05, 3.63) is 11.8 Å². The van der Waals surface area contributed by atoms with Gasteiger partial charge in [0.2, 0.25) is 11.9 Å². The number of aromatic nitrogens is 2. The van der Waals surface area contributed by atoms with Gasteiger partial charge in [0.25, 0.3) is 0 Å². The van der Waals surface area contributed by atoms with Crippen LogP contribution in [0.3, 0.4) is 0 Å². The van der Waals surface area contributed by atoms with Crippen molar-refractivity contribution in [2.24, 2.45) is 11.7 Å². The lowest BCUT2D eigenvalue weighted by atomic mass is 10.2. The van der Waals surface area contributed by atoms with Crippen molar-refractivity contribution in [2.45, 2.75) is 20.8 Å². The highest BCUT2D eigenvalue weighted by Gasteiger charge is 2.14. The van der Waals surface area contributed by atoms with Crippen molar-refractivity contribution in [3.63, 3.8) is 0 Å². The van der Waals surface area contributed by atoms with E-state index in [-0.39, 0.29) is 12.5 Å². The van der Waals surface area contributed by atoms with Crippen LogP contribution in [0.15, 0.2) is 6.07 Å². The topological polar surface area (TPSA) is 84.1 Å². The van der Waals surface area contributed by atoms with Gasteiger partial charge in [0.1, 0.15) is 5.82 Å². The molecule has 0 saturated heterocycles. The van der Waals surface area contributed by atoms with Crippen LogP contribution in [-0.2, 0) is 4.79 Å². The summed E-state index contributed by atoms with van der Waals surface area (Å²) in [6, 6.07) is 1.85. The van der Waals surface area contributed by atoms with E-state index in [0.29, 0.717) is 11.9 Å². The highest BCUT2D eigenvalue weighted by molar-refractivity contribution is 5.79. The lowest BCUT2D eigenvalue weighted by Crippen LogP contribution is -2.37. The summed E-state index contributed by atoms with van der Waals surface area (Å²) in [6.45, 7) is 6.95. The minimum atomic E-state index is -0.363. The fourth-order valence-corrected chi connectivity index (χ4v) is 1.69. The molecule has 0 fully saturated rings. The van der Waals surface area contributed by atoms with E-state index in [1.54, 1.807) is 7.05 Å². The Morgan fingerprint density at radius 1 is 1.50 bits per heavy atom. The van der Waals surface area contributed by atoms with Crippen LogP contribution in [0.25, 0.3) is 0 Å². The number of hydrogen-bond donors (Lipinski definition) is 2. The third-order valence-electron chi connectivity index (χ3n) is 2.32. The van der Waals surface area contributed by atoms with Crippen LogP contribution in [0.2, 0.25) is 0 Å². The number of hydrogen-bond acceptors (Lipinski definition) is 5. The molecule has 1 aromatic rings. The lowest BCUT2D eigenvalue weighted by molar-refractivity contribution is -0.116. The van der Waals surface area contributed by atoms with Crippen LogP contribution in [-0.4, -0.2) is 36.0 Å². The van der Waals surface area contributed by atoms with Crippen LogP contribution in [0.5, 0.6) is 0 Å². The van der Waals surface area contributed by atoms with Gasteiger partial charge in [-0.2, -0.15) is 4.98 Å². The van der Waals surface area contributed by atoms with E-state index in [9.17, 15) is 4.79 Å². The zero-order valence-corrected chi connectivity index (χ0v) is 11.4. The molecule has 0 radical (unpaired) electrons. The van der Waals surface area contributed by atoms with Gasteiger partial charge in [0.05, 0.1) is 6.54 Å². The number of nitrogens with one attached hydrogen (secondary N) is 1. The smallest absolute Gasteiger partial charge is 0.236 e. The number of rotatable bonds is 6. The Morgan fingerprint density at radius 3 is 2.67 bits per heavy atom. The van der Waals surface area contributed by atoms with Crippen LogP contribution in [0.1, 0.15) is 19.5 Å². The molecule has 0 aliphatic carbocycles. The van der Waals surface area contributed by atoms with Gasteiger partial charge >= 0.3 is 0 Å². The minimum Gasteiger partial charge on any atom is -0.368 e. The Kier molecular flexibility index (Phi) is 4.88. The predicted octanol–water partition coefficient (Wildman–Crippen LogP) is 0.774. The second kappa shape index (κ2) is 6.18. The maximum atomic E-state index is 11.1. The van der Waals surface area contributed by atoms with Gasteiger partial charge in [-0.1, -0.05) is 13.8 Å². The van der Waals surface area contributed by atoms with Gasteiger partial charge in [0.15, 0.2) is 0 Å². The number of nitrogens with two attached hydrogens (primary N) is 1. The van der Waals surface area contributed by atoms with Crippen molar-refractivity contribution in [3.8, 4) is 0 Å². The van der Waals surface area contributed by atoms with Crippen LogP contribution in [0, 0.1) is 12.8 Å². The van der Waals surface area contributed by atoms with Crippen molar-refractivity contribution < 1.29 is 4.79 Å². The quantitative estimate of drug-likeness (QED) is 0.780. The van der Waals surface area contributed by atoms with E-state index in [1.165, 1.54) is 0 Å². The molecule has 6 heteroatoms. The monoisotopic (exact) mass is 251 g/mol. The number of aryl methyl sites for hydroxylation is 1. The predicted molar refractivity (Wildman–Crippen MR) is 72.6 cm³/mol. The Bertz CT molecular complexity index is 419. The minimum absolute atomic E-state index is 0.164. The molecule has 0 spiro atoms. The molecule has 0 aliphatic rings. The van der Waals surface area contributed by atoms with E-state index in [2.05, 4.69) is 29.1 Å². The van der Waals surface area contributed by atoms with Crippen molar-refractivity contribution >= 4 is 17.7 Å². The van der Waals surface area contributed by atoms with Crippen molar-refractivity contribution in [1.29, 1.82) is 0 Å². The normalized spacial score (nSPS) is 10.5. The molecule has 1 rings (SSSR count). The molecule has 3 N–H and O–H groups in total. The summed E-state index contributed by atoms with van der Waals surface area (Å²) in [5.74, 6) is 1.32. The number of carbonyl (C=O) groups excluding carboxylic acids is 1. The first-order chi connectivity index (χ1) is 8.42. The van der Waals surface area contributed by atoms with E-state index in [1.807, 2.05) is 17.9 Å². The van der Waals surface area contributed by atoms with Gasteiger partial charge < -0.3 is 16.0 Å². The fraction of sp³-hybridized carbons (Fsp3) is 0.583.